The minimum Gasteiger partial charge on any atom is -0.454 e. The highest BCUT2D eigenvalue weighted by Crippen LogP contribution is 2.18. The van der Waals surface area contributed by atoms with Gasteiger partial charge in [-0.15, -0.1) is 0 Å². The van der Waals surface area contributed by atoms with Gasteiger partial charge in [0, 0.05) is 30.1 Å². The summed E-state index contributed by atoms with van der Waals surface area (Å²) >= 11 is 0. The molecule has 0 aliphatic rings. The molecule has 0 spiro atoms. The average Bonchev–Trinajstić information content (AvgIpc) is 3.15. The number of para-hydroxylation sites is 1. The van der Waals surface area contributed by atoms with Crippen LogP contribution in [0, 0.1) is 0 Å². The van der Waals surface area contributed by atoms with Gasteiger partial charge in [0.25, 0.3) is 5.56 Å². The van der Waals surface area contributed by atoms with Gasteiger partial charge in [-0.1, -0.05) is 38.5 Å². The predicted molar refractivity (Wildman–Crippen MR) is 124 cm³/mol. The van der Waals surface area contributed by atoms with E-state index in [-0.39, 0.29) is 23.3 Å². The molecule has 172 valence electrons. The number of ether oxygens (including phenoxy) is 1. The van der Waals surface area contributed by atoms with Gasteiger partial charge in [-0.05, 0) is 18.9 Å². The van der Waals surface area contributed by atoms with Crippen LogP contribution in [-0.2, 0) is 24.4 Å². The molecule has 3 aromatic heterocycles. The van der Waals surface area contributed by atoms with Crippen molar-refractivity contribution in [3.63, 3.8) is 0 Å². The molecule has 0 atom stereocenters. The summed E-state index contributed by atoms with van der Waals surface area (Å²) < 4.78 is 8.64. The summed E-state index contributed by atoms with van der Waals surface area (Å²) in [4.78, 5) is 59.4. The molecule has 1 aromatic carbocycles. The number of nitrogens with one attached hydrogen (secondary N) is 2. The van der Waals surface area contributed by atoms with Crippen LogP contribution in [0.5, 0.6) is 0 Å². The molecule has 10 heteroatoms. The second-order valence-electron chi connectivity index (χ2n) is 7.79. The molecule has 0 saturated carbocycles. The van der Waals surface area contributed by atoms with Crippen LogP contribution in [-0.4, -0.2) is 30.1 Å². The van der Waals surface area contributed by atoms with E-state index in [2.05, 4.69) is 15.0 Å². The average molecular weight is 451 g/mol. The lowest BCUT2D eigenvalue weighted by Crippen LogP contribution is -2.31. The maximum atomic E-state index is 12.9. The number of hydrogen-bond donors (Lipinski definition) is 2. The number of esters is 1. The fourth-order valence-electron chi connectivity index (χ4n) is 3.90. The highest BCUT2D eigenvalue weighted by Gasteiger charge is 2.20. The van der Waals surface area contributed by atoms with Crippen LogP contribution >= 0.6 is 0 Å². The quantitative estimate of drug-likeness (QED) is 0.395. The summed E-state index contributed by atoms with van der Waals surface area (Å²) in [6.45, 7) is 4.63. The molecular formula is C23H25N5O5. The van der Waals surface area contributed by atoms with Gasteiger partial charge in [0.2, 0.25) is 5.56 Å². The Morgan fingerprint density at radius 3 is 2.58 bits per heavy atom. The third-order valence-electron chi connectivity index (χ3n) is 5.45. The van der Waals surface area contributed by atoms with Gasteiger partial charge in [0.05, 0.1) is 5.56 Å². The number of pyridine rings is 1. The zero-order valence-electron chi connectivity index (χ0n) is 18.5. The molecule has 0 amide bonds. The van der Waals surface area contributed by atoms with Gasteiger partial charge in [-0.3, -0.25) is 19.1 Å². The number of aromatic nitrogens is 5. The van der Waals surface area contributed by atoms with Crippen LogP contribution in [0.1, 0.15) is 49.3 Å². The molecule has 0 saturated heterocycles. The molecule has 0 radical (unpaired) electrons. The number of carbonyl (C=O) groups is 1. The summed E-state index contributed by atoms with van der Waals surface area (Å²) in [5.41, 5.74) is -0.224. The van der Waals surface area contributed by atoms with E-state index < -0.39 is 22.8 Å². The van der Waals surface area contributed by atoms with Crippen LogP contribution in [0.3, 0.4) is 0 Å². The molecule has 0 bridgehead atoms. The predicted octanol–water partition coefficient (Wildman–Crippen LogP) is 2.29. The van der Waals surface area contributed by atoms with Gasteiger partial charge in [0.15, 0.2) is 11.2 Å². The highest BCUT2D eigenvalue weighted by molar-refractivity contribution is 6.03. The van der Waals surface area contributed by atoms with Crippen molar-refractivity contribution in [3.05, 3.63) is 72.9 Å². The molecule has 0 aliphatic heterocycles. The number of aryl methyl sites for hydroxylation is 2. The van der Waals surface area contributed by atoms with E-state index in [1.54, 1.807) is 28.8 Å². The first-order valence-electron chi connectivity index (χ1n) is 11.0. The zero-order chi connectivity index (χ0) is 23.5. The van der Waals surface area contributed by atoms with E-state index in [1.807, 2.05) is 13.8 Å². The Morgan fingerprint density at radius 2 is 1.82 bits per heavy atom. The Kier molecular flexibility index (Phi) is 6.25. The Hall–Kier alpha value is -3.95. The minimum atomic E-state index is -0.676. The highest BCUT2D eigenvalue weighted by atomic mass is 16.5. The van der Waals surface area contributed by atoms with E-state index in [9.17, 15) is 19.2 Å². The molecule has 33 heavy (non-hydrogen) atoms. The molecule has 0 unspecified atom stereocenters. The number of rotatable bonds is 8. The van der Waals surface area contributed by atoms with Crippen molar-refractivity contribution in [2.24, 2.45) is 0 Å². The van der Waals surface area contributed by atoms with Gasteiger partial charge < -0.3 is 14.3 Å². The molecule has 4 aromatic rings. The van der Waals surface area contributed by atoms with Crippen molar-refractivity contribution in [2.45, 2.75) is 52.8 Å². The number of unbranched alkanes of at least 4 members (excludes halogenated alkanes) is 1. The number of hydrogen-bond acceptors (Lipinski definition) is 6. The first-order chi connectivity index (χ1) is 15.9. The molecule has 0 aliphatic carbocycles. The first kappa shape index (κ1) is 22.3. The Labute approximate surface area is 187 Å². The van der Waals surface area contributed by atoms with Gasteiger partial charge >= 0.3 is 11.7 Å². The van der Waals surface area contributed by atoms with Crippen molar-refractivity contribution >= 4 is 28.0 Å². The number of nitrogens with zero attached hydrogens (tertiary/aromatic N) is 3. The largest absolute Gasteiger partial charge is 0.454 e. The molecule has 4 rings (SSSR count). The Balaban J connectivity index is 1.73. The Bertz CT molecular complexity index is 1510. The fourth-order valence-corrected chi connectivity index (χ4v) is 3.90. The van der Waals surface area contributed by atoms with Crippen molar-refractivity contribution in [2.75, 3.05) is 0 Å². The standard InChI is InChI=1S/C23H25N5O5/c1-3-5-11-28-20-19(21(30)26-23(28)32)27(10-4-2)17(25-20)13-33-22(31)15-12-18(29)24-16-9-7-6-8-14(15)16/h6-9,12H,3-5,10-11,13H2,1-2H3,(H,24,29)(H,26,30,32). The van der Waals surface area contributed by atoms with E-state index in [1.165, 1.54) is 10.6 Å². The summed E-state index contributed by atoms with van der Waals surface area (Å²) in [7, 11) is 0. The lowest BCUT2D eigenvalue weighted by atomic mass is 10.1. The number of benzene rings is 1. The lowest BCUT2D eigenvalue weighted by molar-refractivity contribution is 0.0460. The SMILES string of the molecule is CCCCn1c(=O)[nH]c(=O)c2c1nc(COC(=O)c1cc(=O)[nH]c3ccccc13)n2CCC. The van der Waals surface area contributed by atoms with Gasteiger partial charge in [0.1, 0.15) is 12.4 Å². The van der Waals surface area contributed by atoms with E-state index >= 15 is 0 Å². The maximum absolute atomic E-state index is 12.9. The van der Waals surface area contributed by atoms with Crippen LogP contribution in [0.2, 0.25) is 0 Å². The molecule has 3 heterocycles. The van der Waals surface area contributed by atoms with Crippen LogP contribution in [0.25, 0.3) is 22.1 Å². The number of carbonyl (C=O) groups excluding carboxylic acids is 1. The summed E-state index contributed by atoms with van der Waals surface area (Å²) in [5, 5.41) is 0.564. The molecule has 2 N–H and O–H groups in total. The van der Waals surface area contributed by atoms with E-state index in [4.69, 9.17) is 4.74 Å². The topological polar surface area (TPSA) is 132 Å². The summed E-state index contributed by atoms with van der Waals surface area (Å²) in [5.74, 6) is -0.319. The maximum Gasteiger partial charge on any atom is 0.339 e. The zero-order valence-corrected chi connectivity index (χ0v) is 18.5. The lowest BCUT2D eigenvalue weighted by Gasteiger charge is -2.09. The number of H-pyrrole nitrogens is 2. The van der Waals surface area contributed by atoms with Gasteiger partial charge in [-0.2, -0.15) is 0 Å². The van der Waals surface area contributed by atoms with Crippen LogP contribution < -0.4 is 16.8 Å². The normalized spacial score (nSPS) is 11.3. The monoisotopic (exact) mass is 451 g/mol. The Morgan fingerprint density at radius 1 is 1.03 bits per heavy atom. The third kappa shape index (κ3) is 4.23. The third-order valence-corrected chi connectivity index (χ3v) is 5.45. The summed E-state index contributed by atoms with van der Waals surface area (Å²) in [6.07, 6.45) is 2.33. The van der Waals surface area contributed by atoms with Crippen molar-refractivity contribution in [1.82, 2.24) is 24.1 Å². The van der Waals surface area contributed by atoms with E-state index in [0.717, 1.165) is 12.8 Å². The molecule has 0 fully saturated rings. The van der Waals surface area contributed by atoms with Crippen LogP contribution in [0.4, 0.5) is 0 Å². The second-order valence-corrected chi connectivity index (χ2v) is 7.79. The minimum absolute atomic E-state index is 0.144. The number of imidazole rings is 1. The number of aromatic amines is 2. The molecule has 10 nitrogen and oxygen atoms in total. The number of fused-ring (bicyclic) bond motifs is 2. The van der Waals surface area contributed by atoms with Gasteiger partial charge in [-0.25, -0.2) is 14.6 Å². The van der Waals surface area contributed by atoms with E-state index in [0.29, 0.717) is 36.2 Å². The van der Waals surface area contributed by atoms with Crippen molar-refractivity contribution in [3.8, 4) is 0 Å². The summed E-state index contributed by atoms with van der Waals surface area (Å²) in [6, 6.07) is 8.15. The first-order valence-corrected chi connectivity index (χ1v) is 11.0. The fraction of sp³-hybridized carbons (Fsp3) is 0.348. The molecular weight excluding hydrogens is 426 g/mol. The van der Waals surface area contributed by atoms with Crippen molar-refractivity contribution in [1.29, 1.82) is 0 Å². The van der Waals surface area contributed by atoms with Crippen molar-refractivity contribution < 1.29 is 9.53 Å². The smallest absolute Gasteiger partial charge is 0.339 e. The second kappa shape index (κ2) is 9.27. The van der Waals surface area contributed by atoms with Crippen LogP contribution in [0.15, 0.2) is 44.7 Å².